The first-order valence-electron chi connectivity index (χ1n) is 10.2. The summed E-state index contributed by atoms with van der Waals surface area (Å²) in [6.07, 6.45) is -2.20. The third-order valence-corrected chi connectivity index (χ3v) is 8.68. The lowest BCUT2D eigenvalue weighted by atomic mass is 9.84. The van der Waals surface area contributed by atoms with Crippen LogP contribution < -0.4 is 5.73 Å². The smallest absolute Gasteiger partial charge is 0.369 e. The van der Waals surface area contributed by atoms with Crippen LogP contribution in [0.2, 0.25) is 5.02 Å². The van der Waals surface area contributed by atoms with Gasteiger partial charge in [-0.15, -0.1) is 0 Å². The molecule has 2 fully saturated rings. The van der Waals surface area contributed by atoms with Crippen molar-refractivity contribution >= 4 is 27.5 Å². The molecule has 10 heteroatoms. The number of sulfonamides is 1. The van der Waals surface area contributed by atoms with Crippen LogP contribution in [0.5, 0.6) is 0 Å². The second kappa shape index (κ2) is 8.35. The fourth-order valence-electron chi connectivity index (χ4n) is 5.15. The lowest BCUT2D eigenvalue weighted by molar-refractivity contribution is -0.137. The highest BCUT2D eigenvalue weighted by Gasteiger charge is 2.54. The Hall–Kier alpha value is -2.10. The summed E-state index contributed by atoms with van der Waals surface area (Å²) in [5, 5.41) is 0.369. The Labute approximate surface area is 189 Å². The molecule has 0 heterocycles. The van der Waals surface area contributed by atoms with Gasteiger partial charge in [0.05, 0.1) is 16.4 Å². The molecule has 2 aromatic rings. The molecule has 2 N–H and O–H groups in total. The first kappa shape index (κ1) is 23.1. The van der Waals surface area contributed by atoms with Crippen LogP contribution in [0.25, 0.3) is 0 Å². The minimum atomic E-state index is -4.49. The van der Waals surface area contributed by atoms with E-state index in [2.05, 4.69) is 0 Å². The lowest BCUT2D eigenvalue weighted by Gasteiger charge is -2.37. The zero-order valence-corrected chi connectivity index (χ0v) is 18.5. The molecule has 0 spiro atoms. The van der Waals surface area contributed by atoms with Crippen LogP contribution in [0.15, 0.2) is 53.4 Å². The predicted molar refractivity (Wildman–Crippen MR) is 113 cm³/mol. The second-order valence-electron chi connectivity index (χ2n) is 8.45. The zero-order valence-electron chi connectivity index (χ0n) is 16.9. The van der Waals surface area contributed by atoms with Gasteiger partial charge in [0.25, 0.3) is 0 Å². The number of rotatable bonds is 6. The molecule has 2 bridgehead atoms. The van der Waals surface area contributed by atoms with E-state index in [1.54, 1.807) is 0 Å². The highest BCUT2D eigenvalue weighted by molar-refractivity contribution is 7.89. The first-order chi connectivity index (χ1) is 15.0. The van der Waals surface area contributed by atoms with Gasteiger partial charge in [-0.2, -0.15) is 17.5 Å². The van der Waals surface area contributed by atoms with Crippen LogP contribution in [0, 0.1) is 17.8 Å². The standard InChI is InChI=1S/C22H22ClF3N2O3S/c23-17-7-9-18(10-8-17)32(30,31)28(12-13-1-5-16(6-2-13)22(24,25)26)20-15-4-3-14(11-15)19(20)21(27)29/h1-2,5-10,14-15,19-20H,3-4,11-12H2,(H2,27,29)/t14-,15+,19?,20?/m0/s1. The Kier molecular flexibility index (Phi) is 6.02. The number of alkyl halides is 3. The molecule has 2 aliphatic rings. The molecule has 172 valence electrons. The molecule has 2 aliphatic carbocycles. The molecule has 2 saturated carbocycles. The van der Waals surface area contributed by atoms with Crippen molar-refractivity contribution in [2.24, 2.45) is 23.5 Å². The lowest BCUT2D eigenvalue weighted by Crippen LogP contribution is -2.50. The van der Waals surface area contributed by atoms with E-state index in [4.69, 9.17) is 17.3 Å². The van der Waals surface area contributed by atoms with Gasteiger partial charge >= 0.3 is 6.18 Å². The maximum Gasteiger partial charge on any atom is 0.416 e. The van der Waals surface area contributed by atoms with Gasteiger partial charge in [0.1, 0.15) is 0 Å². The second-order valence-corrected chi connectivity index (χ2v) is 10.8. The van der Waals surface area contributed by atoms with E-state index in [1.165, 1.54) is 40.7 Å². The molecule has 0 aromatic heterocycles. The van der Waals surface area contributed by atoms with Crippen molar-refractivity contribution in [3.63, 3.8) is 0 Å². The number of nitrogens with two attached hydrogens (primary N) is 1. The van der Waals surface area contributed by atoms with Crippen LogP contribution in [-0.4, -0.2) is 24.7 Å². The van der Waals surface area contributed by atoms with Crippen LogP contribution in [0.1, 0.15) is 30.4 Å². The Bertz CT molecular complexity index is 1100. The molecular weight excluding hydrogens is 465 g/mol. The molecule has 1 amide bonds. The summed E-state index contributed by atoms with van der Waals surface area (Å²) in [6.45, 7) is -0.166. The summed E-state index contributed by atoms with van der Waals surface area (Å²) in [6, 6.07) is 9.40. The van der Waals surface area contributed by atoms with Crippen molar-refractivity contribution in [3.05, 3.63) is 64.7 Å². The molecule has 4 rings (SSSR count). The van der Waals surface area contributed by atoms with Gasteiger partial charge in [-0.05, 0) is 73.1 Å². The van der Waals surface area contributed by atoms with Crippen molar-refractivity contribution in [1.29, 1.82) is 0 Å². The molecule has 0 aliphatic heterocycles. The van der Waals surface area contributed by atoms with Crippen molar-refractivity contribution in [2.75, 3.05) is 0 Å². The monoisotopic (exact) mass is 486 g/mol. The highest BCUT2D eigenvalue weighted by Crippen LogP contribution is 2.51. The van der Waals surface area contributed by atoms with Crippen molar-refractivity contribution in [3.8, 4) is 0 Å². The number of carbonyl (C=O) groups is 1. The largest absolute Gasteiger partial charge is 0.416 e. The maximum atomic E-state index is 13.7. The normalized spacial score (nSPS) is 25.4. The molecular formula is C22H22ClF3N2O3S. The fraction of sp³-hybridized carbons (Fsp3) is 0.409. The van der Waals surface area contributed by atoms with Gasteiger partial charge in [-0.1, -0.05) is 23.7 Å². The van der Waals surface area contributed by atoms with Crippen LogP contribution in [0.4, 0.5) is 13.2 Å². The number of hydrogen-bond donors (Lipinski definition) is 1. The molecule has 2 unspecified atom stereocenters. The Morgan fingerprint density at radius 2 is 1.62 bits per heavy atom. The average molecular weight is 487 g/mol. The summed E-state index contributed by atoms with van der Waals surface area (Å²) in [4.78, 5) is 12.3. The zero-order chi connectivity index (χ0) is 23.3. The van der Waals surface area contributed by atoms with Gasteiger partial charge in [-0.3, -0.25) is 4.79 Å². The molecule has 2 aromatic carbocycles. The van der Waals surface area contributed by atoms with E-state index in [0.717, 1.165) is 25.0 Å². The van der Waals surface area contributed by atoms with Crippen molar-refractivity contribution in [1.82, 2.24) is 4.31 Å². The Morgan fingerprint density at radius 3 is 2.19 bits per heavy atom. The van der Waals surface area contributed by atoms with Crippen molar-refractivity contribution < 1.29 is 26.4 Å². The Balaban J connectivity index is 1.75. The van der Waals surface area contributed by atoms with E-state index in [0.29, 0.717) is 17.0 Å². The van der Waals surface area contributed by atoms with Crippen LogP contribution >= 0.6 is 11.6 Å². The van der Waals surface area contributed by atoms with E-state index >= 15 is 0 Å². The summed E-state index contributed by atoms with van der Waals surface area (Å²) in [5.74, 6) is -1.21. The van der Waals surface area contributed by atoms with Gasteiger partial charge in [0.2, 0.25) is 15.9 Å². The van der Waals surface area contributed by atoms with Gasteiger partial charge < -0.3 is 5.73 Å². The molecule has 0 saturated heterocycles. The number of carbonyl (C=O) groups excluding carboxylic acids is 1. The minimum Gasteiger partial charge on any atom is -0.369 e. The topological polar surface area (TPSA) is 80.5 Å². The maximum absolute atomic E-state index is 13.7. The highest BCUT2D eigenvalue weighted by atomic mass is 35.5. The Morgan fingerprint density at radius 1 is 1.03 bits per heavy atom. The minimum absolute atomic E-state index is 0.000180. The van der Waals surface area contributed by atoms with Crippen molar-refractivity contribution in [2.45, 2.75) is 42.9 Å². The molecule has 5 nitrogen and oxygen atoms in total. The van der Waals surface area contributed by atoms with E-state index < -0.39 is 39.6 Å². The SMILES string of the molecule is NC(=O)C1C(N(Cc2ccc(C(F)(F)F)cc2)S(=O)(=O)c2ccc(Cl)cc2)[C@@H]2CC[C@H]1C2. The third kappa shape index (κ3) is 4.25. The summed E-state index contributed by atoms with van der Waals surface area (Å²) in [5.41, 5.74) is 5.25. The van der Waals surface area contributed by atoms with Crippen LogP contribution in [-0.2, 0) is 27.5 Å². The first-order valence-corrected chi connectivity index (χ1v) is 12.0. The molecule has 32 heavy (non-hydrogen) atoms. The number of nitrogens with zero attached hydrogens (tertiary/aromatic N) is 1. The third-order valence-electron chi connectivity index (χ3n) is 6.57. The van der Waals surface area contributed by atoms with Gasteiger partial charge in [-0.25, -0.2) is 8.42 Å². The number of fused-ring (bicyclic) bond motifs is 2. The number of halogens is 4. The summed E-state index contributed by atoms with van der Waals surface area (Å²) < 4.78 is 67.4. The average Bonchev–Trinajstić information content (AvgIpc) is 3.33. The molecule has 4 atom stereocenters. The number of amides is 1. The van der Waals surface area contributed by atoms with Gasteiger partial charge in [0.15, 0.2) is 0 Å². The number of primary amides is 1. The molecule has 0 radical (unpaired) electrons. The van der Waals surface area contributed by atoms with E-state index in [-0.39, 0.29) is 23.3 Å². The summed E-state index contributed by atoms with van der Waals surface area (Å²) >= 11 is 5.90. The number of hydrogen-bond acceptors (Lipinski definition) is 3. The number of benzene rings is 2. The van der Waals surface area contributed by atoms with Crippen LogP contribution in [0.3, 0.4) is 0 Å². The van der Waals surface area contributed by atoms with Gasteiger partial charge in [0, 0.05) is 17.6 Å². The summed E-state index contributed by atoms with van der Waals surface area (Å²) in [7, 11) is -4.08. The van der Waals surface area contributed by atoms with E-state index in [9.17, 15) is 26.4 Å². The fourth-order valence-corrected chi connectivity index (χ4v) is 6.97. The quantitative estimate of drug-likeness (QED) is 0.655. The predicted octanol–water partition coefficient (Wildman–Crippen LogP) is 4.45. The van der Waals surface area contributed by atoms with E-state index in [1.807, 2.05) is 0 Å².